The van der Waals surface area contributed by atoms with Crippen LogP contribution in [0.5, 0.6) is 0 Å². The van der Waals surface area contributed by atoms with Gasteiger partial charge in [0, 0.05) is 17.6 Å². The Morgan fingerprint density at radius 1 is 1.36 bits per heavy atom. The Morgan fingerprint density at radius 3 is 2.07 bits per heavy atom. The molecule has 78 valence electrons. The van der Waals surface area contributed by atoms with Gasteiger partial charge in [0.05, 0.1) is 12.4 Å². The zero-order valence-electron chi connectivity index (χ0n) is 6.91. The molecule has 0 unspecified atom stereocenters. The predicted octanol–water partition coefficient (Wildman–Crippen LogP) is 1.52. The molecule has 0 N–H and O–H groups in total. The van der Waals surface area contributed by atoms with Crippen LogP contribution in [0.2, 0.25) is 0 Å². The third-order valence-corrected chi connectivity index (χ3v) is 2.61. The average Bonchev–Trinajstić information content (AvgIpc) is 2.01. The highest BCUT2D eigenvalue weighted by molar-refractivity contribution is 8.13. The quantitative estimate of drug-likeness (QED) is 0.738. The lowest BCUT2D eigenvalue weighted by Crippen LogP contribution is -2.12. The highest BCUT2D eigenvalue weighted by Gasteiger charge is 2.28. The third kappa shape index (κ3) is 2.58. The molecule has 0 saturated heterocycles. The van der Waals surface area contributed by atoms with Crippen molar-refractivity contribution in [3.8, 4) is 0 Å². The zero-order valence-corrected chi connectivity index (χ0v) is 8.48. The van der Waals surface area contributed by atoms with Crippen molar-refractivity contribution >= 4 is 19.7 Å². The van der Waals surface area contributed by atoms with Crippen molar-refractivity contribution in [3.05, 3.63) is 18.2 Å². The number of hydrogen-bond acceptors (Lipinski definition) is 4. The topological polar surface area (TPSA) is 59.9 Å². The molecule has 14 heavy (non-hydrogen) atoms. The Balaban J connectivity index is 3.14. The van der Waals surface area contributed by atoms with Crippen molar-refractivity contribution in [1.82, 2.24) is 9.97 Å². The van der Waals surface area contributed by atoms with Crippen LogP contribution >= 0.6 is 10.7 Å². The van der Waals surface area contributed by atoms with Crippen molar-refractivity contribution in [2.24, 2.45) is 0 Å². The number of nitrogens with zero attached hydrogens (tertiary/aromatic N) is 2. The lowest BCUT2D eigenvalue weighted by Gasteiger charge is -2.07. The summed E-state index contributed by atoms with van der Waals surface area (Å²) in [6, 6.07) is 0. The fraction of sp³-hybridized carbons (Fsp3) is 0.333. The van der Waals surface area contributed by atoms with E-state index in [1.54, 1.807) is 0 Å². The minimum absolute atomic E-state index is 0.410. The lowest BCUT2D eigenvalue weighted by atomic mass is 10.3. The molecule has 0 aliphatic carbocycles. The van der Waals surface area contributed by atoms with Crippen molar-refractivity contribution in [1.29, 1.82) is 0 Å². The van der Waals surface area contributed by atoms with Gasteiger partial charge in [-0.1, -0.05) is 0 Å². The zero-order chi connectivity index (χ0) is 11.0. The van der Waals surface area contributed by atoms with Gasteiger partial charge < -0.3 is 0 Å². The summed E-state index contributed by atoms with van der Waals surface area (Å²) in [6.07, 6.45) is 1.48. The first-order valence-electron chi connectivity index (χ1n) is 3.36. The van der Waals surface area contributed by atoms with Crippen LogP contribution in [-0.2, 0) is 15.0 Å². The van der Waals surface area contributed by atoms with Crippen molar-refractivity contribution < 1.29 is 17.2 Å². The Morgan fingerprint density at radius 2 is 1.79 bits per heavy atom. The lowest BCUT2D eigenvalue weighted by molar-refractivity contribution is 0.00750. The molecule has 0 atom stereocenters. The molecule has 8 heteroatoms. The average molecular weight is 243 g/mol. The predicted molar refractivity (Wildman–Crippen MR) is 44.6 cm³/mol. The first kappa shape index (κ1) is 11.3. The monoisotopic (exact) mass is 242 g/mol. The van der Waals surface area contributed by atoms with Gasteiger partial charge >= 0.3 is 5.92 Å². The van der Waals surface area contributed by atoms with Crippen LogP contribution < -0.4 is 0 Å². The second-order valence-corrected chi connectivity index (χ2v) is 5.13. The fourth-order valence-corrected chi connectivity index (χ4v) is 1.27. The van der Waals surface area contributed by atoms with E-state index in [9.17, 15) is 17.2 Å². The smallest absolute Gasteiger partial charge is 0.234 e. The molecule has 0 radical (unpaired) electrons. The van der Waals surface area contributed by atoms with Gasteiger partial charge in [-0.05, 0) is 0 Å². The molecule has 1 heterocycles. The van der Waals surface area contributed by atoms with Crippen LogP contribution in [0, 0.1) is 0 Å². The van der Waals surface area contributed by atoms with Gasteiger partial charge in [0.25, 0.3) is 9.05 Å². The normalized spacial score (nSPS) is 12.9. The molecule has 0 aromatic carbocycles. The van der Waals surface area contributed by atoms with Crippen LogP contribution in [0.25, 0.3) is 0 Å². The Hall–Kier alpha value is -0.820. The van der Waals surface area contributed by atoms with Crippen molar-refractivity contribution in [3.63, 3.8) is 0 Å². The van der Waals surface area contributed by atoms with Gasteiger partial charge in [0.1, 0.15) is 4.90 Å². The van der Waals surface area contributed by atoms with E-state index in [2.05, 4.69) is 9.97 Å². The van der Waals surface area contributed by atoms with Crippen molar-refractivity contribution in [2.75, 3.05) is 0 Å². The highest BCUT2D eigenvalue weighted by atomic mass is 35.7. The number of rotatable bonds is 2. The minimum Gasteiger partial charge on any atom is -0.234 e. The second kappa shape index (κ2) is 3.39. The van der Waals surface area contributed by atoms with E-state index in [0.717, 1.165) is 12.4 Å². The second-order valence-electron chi connectivity index (χ2n) is 2.57. The van der Waals surface area contributed by atoms with Crippen LogP contribution in [0.1, 0.15) is 12.7 Å². The van der Waals surface area contributed by atoms with Crippen LogP contribution in [-0.4, -0.2) is 18.4 Å². The van der Waals surface area contributed by atoms with Gasteiger partial charge in [-0.25, -0.2) is 18.4 Å². The summed E-state index contributed by atoms with van der Waals surface area (Å²) in [7, 11) is 0.967. The van der Waals surface area contributed by atoms with Gasteiger partial charge in [-0.3, -0.25) is 0 Å². The summed E-state index contributed by atoms with van der Waals surface area (Å²) >= 11 is 0. The number of aromatic nitrogens is 2. The summed E-state index contributed by atoms with van der Waals surface area (Å²) in [6.45, 7) is 0.608. The number of hydrogen-bond donors (Lipinski definition) is 0. The molecule has 1 aromatic heterocycles. The largest absolute Gasteiger partial charge is 0.303 e. The van der Waals surface area contributed by atoms with E-state index < -0.39 is 25.7 Å². The summed E-state index contributed by atoms with van der Waals surface area (Å²) < 4.78 is 46.5. The SMILES string of the molecule is CC(F)(F)c1ncc(S(=O)(=O)Cl)cn1. The molecular formula is C6H5ClF2N2O2S. The van der Waals surface area contributed by atoms with E-state index in [-0.39, 0.29) is 0 Å². The molecule has 4 nitrogen and oxygen atoms in total. The Bertz CT molecular complexity index is 426. The van der Waals surface area contributed by atoms with Crippen LogP contribution in [0.3, 0.4) is 0 Å². The van der Waals surface area contributed by atoms with E-state index in [1.807, 2.05) is 0 Å². The molecule has 1 aromatic rings. The minimum atomic E-state index is -3.96. The molecule has 0 fully saturated rings. The van der Waals surface area contributed by atoms with Gasteiger partial charge in [-0.2, -0.15) is 8.78 Å². The van der Waals surface area contributed by atoms with Gasteiger partial charge in [0.15, 0.2) is 5.82 Å². The van der Waals surface area contributed by atoms with E-state index in [4.69, 9.17) is 10.7 Å². The summed E-state index contributed by atoms with van der Waals surface area (Å²) in [5, 5.41) is 0. The first-order chi connectivity index (χ1) is 6.21. The van der Waals surface area contributed by atoms with Crippen molar-refractivity contribution in [2.45, 2.75) is 17.7 Å². The van der Waals surface area contributed by atoms with E-state index in [1.165, 1.54) is 0 Å². The fourth-order valence-electron chi connectivity index (χ4n) is 0.669. The van der Waals surface area contributed by atoms with Gasteiger partial charge in [-0.15, -0.1) is 0 Å². The molecule has 0 aliphatic heterocycles. The molecular weight excluding hydrogens is 238 g/mol. The molecule has 0 amide bonds. The number of alkyl halides is 2. The molecule has 0 spiro atoms. The third-order valence-electron chi connectivity index (χ3n) is 1.30. The molecule has 0 aliphatic rings. The Kier molecular flexibility index (Phi) is 2.73. The summed E-state index contributed by atoms with van der Waals surface area (Å²) in [5.41, 5.74) is 0. The molecule has 1 rings (SSSR count). The van der Waals surface area contributed by atoms with E-state index in [0.29, 0.717) is 6.92 Å². The molecule has 0 bridgehead atoms. The van der Waals surface area contributed by atoms with Crippen LogP contribution in [0.4, 0.5) is 8.78 Å². The standard InChI is InChI=1S/C6H5ClF2N2O2S/c1-6(8,9)5-10-2-4(3-11-5)14(7,12)13/h2-3H,1H3. The first-order valence-corrected chi connectivity index (χ1v) is 5.67. The summed E-state index contributed by atoms with van der Waals surface area (Å²) in [5.74, 6) is -3.95. The maximum Gasteiger partial charge on any atom is 0.303 e. The maximum atomic E-state index is 12.6. The Labute approximate surface area is 83.4 Å². The summed E-state index contributed by atoms with van der Waals surface area (Å²) in [4.78, 5) is 5.97. The number of halogens is 3. The van der Waals surface area contributed by atoms with Crippen LogP contribution in [0.15, 0.2) is 17.3 Å². The maximum absolute atomic E-state index is 12.6. The van der Waals surface area contributed by atoms with Gasteiger partial charge in [0.2, 0.25) is 0 Å². The highest BCUT2D eigenvalue weighted by Crippen LogP contribution is 2.23. The molecule has 0 saturated carbocycles. The van der Waals surface area contributed by atoms with E-state index >= 15 is 0 Å².